The molecule has 1 saturated heterocycles. The average Bonchev–Trinajstić information content (AvgIpc) is 2.72. The van der Waals surface area contributed by atoms with Gasteiger partial charge in [0.1, 0.15) is 0 Å². The van der Waals surface area contributed by atoms with Crippen LogP contribution in [0, 0.1) is 0 Å². The highest BCUT2D eigenvalue weighted by atomic mass is 16.5. The van der Waals surface area contributed by atoms with Crippen LogP contribution in [0.15, 0.2) is 30.3 Å². The van der Waals surface area contributed by atoms with E-state index in [1.54, 1.807) is 0 Å². The van der Waals surface area contributed by atoms with Crippen molar-refractivity contribution < 1.29 is 9.84 Å². The second-order valence-electron chi connectivity index (χ2n) is 8.59. The van der Waals surface area contributed by atoms with Crippen molar-refractivity contribution in [2.75, 3.05) is 6.61 Å². The van der Waals surface area contributed by atoms with E-state index in [0.717, 1.165) is 12.8 Å². The Bertz CT molecular complexity index is 479. The number of unbranched alkanes of at least 4 members (excludes halogenated alkanes) is 9. The van der Waals surface area contributed by atoms with Gasteiger partial charge in [0.25, 0.3) is 0 Å². The van der Waals surface area contributed by atoms with Crippen molar-refractivity contribution in [3.8, 4) is 0 Å². The van der Waals surface area contributed by atoms with Crippen molar-refractivity contribution in [2.45, 2.75) is 115 Å². The van der Waals surface area contributed by atoms with Crippen LogP contribution in [0.25, 0.3) is 0 Å². The molecule has 1 fully saturated rings. The Kier molecular flexibility index (Phi) is 12.5. The quantitative estimate of drug-likeness (QED) is 0.362. The summed E-state index contributed by atoms with van der Waals surface area (Å²) in [4.78, 5) is 0. The van der Waals surface area contributed by atoms with Gasteiger partial charge in [0.15, 0.2) is 0 Å². The summed E-state index contributed by atoms with van der Waals surface area (Å²) in [5.74, 6) is 0. The summed E-state index contributed by atoms with van der Waals surface area (Å²) in [6, 6.07) is 10.9. The van der Waals surface area contributed by atoms with Crippen LogP contribution in [-0.2, 0) is 11.3 Å². The number of ether oxygens (including phenoxy) is 1. The molecule has 0 radical (unpaired) electrons. The molecule has 0 amide bonds. The first kappa shape index (κ1) is 23.4. The maximum Gasteiger partial charge on any atom is 0.0717 e. The van der Waals surface area contributed by atoms with Crippen LogP contribution in [0.5, 0.6) is 0 Å². The predicted molar refractivity (Wildman–Crippen MR) is 119 cm³/mol. The van der Waals surface area contributed by atoms with Gasteiger partial charge < -0.3 is 15.2 Å². The van der Waals surface area contributed by atoms with Crippen molar-refractivity contribution >= 4 is 0 Å². The summed E-state index contributed by atoms with van der Waals surface area (Å²) in [5.41, 5.74) is 1.19. The molecule has 3 heteroatoms. The monoisotopic (exact) mass is 389 g/mol. The lowest BCUT2D eigenvalue weighted by Crippen LogP contribution is -2.52. The van der Waals surface area contributed by atoms with Crippen molar-refractivity contribution in [3.63, 3.8) is 0 Å². The van der Waals surface area contributed by atoms with Crippen molar-refractivity contribution in [1.29, 1.82) is 0 Å². The number of rotatable bonds is 15. The van der Waals surface area contributed by atoms with E-state index >= 15 is 0 Å². The third-order valence-corrected chi connectivity index (χ3v) is 6.04. The van der Waals surface area contributed by atoms with Crippen LogP contribution in [0.1, 0.15) is 96.0 Å². The van der Waals surface area contributed by atoms with Crippen LogP contribution in [-0.4, -0.2) is 29.9 Å². The topological polar surface area (TPSA) is 41.5 Å². The van der Waals surface area contributed by atoms with Gasteiger partial charge >= 0.3 is 0 Å². The Morgan fingerprint density at radius 1 is 0.893 bits per heavy atom. The van der Waals surface area contributed by atoms with Crippen LogP contribution < -0.4 is 5.32 Å². The maximum atomic E-state index is 10.3. The third-order valence-electron chi connectivity index (χ3n) is 6.04. The highest BCUT2D eigenvalue weighted by Gasteiger charge is 2.28. The molecular weight excluding hydrogens is 346 g/mol. The van der Waals surface area contributed by atoms with Gasteiger partial charge in [0.2, 0.25) is 0 Å². The summed E-state index contributed by atoms with van der Waals surface area (Å²) in [7, 11) is 0. The number of nitrogens with one attached hydrogen (secondary N) is 1. The summed E-state index contributed by atoms with van der Waals surface area (Å²) >= 11 is 0. The van der Waals surface area contributed by atoms with E-state index in [1.807, 2.05) is 18.2 Å². The highest BCUT2D eigenvalue weighted by Crippen LogP contribution is 2.19. The zero-order valence-electron chi connectivity index (χ0n) is 18.1. The standard InChI is InChI=1S/C25H43NO2/c1-2-3-4-5-6-7-8-9-10-14-17-23-18-19-25(27)24(26-23)21-28-20-22-15-12-11-13-16-22/h11-13,15-16,23-27H,2-10,14,17-21H2,1H3/t23-,24+,25-/m0/s1. The molecule has 1 aliphatic heterocycles. The minimum Gasteiger partial charge on any atom is -0.391 e. The summed E-state index contributed by atoms with van der Waals surface area (Å²) in [5, 5.41) is 13.9. The van der Waals surface area contributed by atoms with Gasteiger partial charge in [0, 0.05) is 6.04 Å². The van der Waals surface area contributed by atoms with Gasteiger partial charge in [-0.3, -0.25) is 0 Å². The minimum atomic E-state index is -0.278. The molecule has 0 unspecified atom stereocenters. The summed E-state index contributed by atoms with van der Waals surface area (Å²) in [6.07, 6.45) is 16.8. The zero-order chi connectivity index (χ0) is 19.9. The first-order chi connectivity index (χ1) is 13.8. The van der Waals surface area contributed by atoms with E-state index in [2.05, 4.69) is 24.4 Å². The minimum absolute atomic E-state index is 0.0746. The number of piperidine rings is 1. The lowest BCUT2D eigenvalue weighted by molar-refractivity contribution is 0.0138. The van der Waals surface area contributed by atoms with E-state index in [-0.39, 0.29) is 12.1 Å². The highest BCUT2D eigenvalue weighted by molar-refractivity contribution is 5.13. The number of aliphatic hydroxyl groups excluding tert-OH is 1. The van der Waals surface area contributed by atoms with Crippen molar-refractivity contribution in [3.05, 3.63) is 35.9 Å². The first-order valence-corrected chi connectivity index (χ1v) is 11.9. The van der Waals surface area contributed by atoms with E-state index < -0.39 is 0 Å². The van der Waals surface area contributed by atoms with Crippen LogP contribution >= 0.6 is 0 Å². The fourth-order valence-electron chi connectivity index (χ4n) is 4.21. The second kappa shape index (κ2) is 15.0. The Balaban J connectivity index is 1.49. The average molecular weight is 390 g/mol. The summed E-state index contributed by atoms with van der Waals surface area (Å²) < 4.78 is 5.86. The lowest BCUT2D eigenvalue weighted by Gasteiger charge is -2.35. The van der Waals surface area contributed by atoms with E-state index in [9.17, 15) is 5.11 Å². The molecule has 3 atom stereocenters. The molecular formula is C25H43NO2. The largest absolute Gasteiger partial charge is 0.391 e. The molecule has 0 aromatic heterocycles. The van der Waals surface area contributed by atoms with Crippen LogP contribution in [0.2, 0.25) is 0 Å². The van der Waals surface area contributed by atoms with Gasteiger partial charge in [-0.2, -0.15) is 0 Å². The van der Waals surface area contributed by atoms with Crippen molar-refractivity contribution in [1.82, 2.24) is 5.32 Å². The van der Waals surface area contributed by atoms with Crippen molar-refractivity contribution in [2.24, 2.45) is 0 Å². The molecule has 2 N–H and O–H groups in total. The van der Waals surface area contributed by atoms with E-state index in [1.165, 1.54) is 76.2 Å². The number of hydrogen-bond donors (Lipinski definition) is 2. The molecule has 1 aromatic carbocycles. The third kappa shape index (κ3) is 10.0. The molecule has 0 spiro atoms. The SMILES string of the molecule is CCCCCCCCCCCC[C@H]1CC[C@H](O)[C@@H](COCc2ccccc2)N1. The zero-order valence-corrected chi connectivity index (χ0v) is 18.1. The summed E-state index contributed by atoms with van der Waals surface area (Å²) in [6.45, 7) is 3.49. The molecule has 2 rings (SSSR count). The van der Waals surface area contributed by atoms with Crippen LogP contribution in [0.4, 0.5) is 0 Å². The Labute approximate surface area is 173 Å². The van der Waals surface area contributed by atoms with Crippen LogP contribution in [0.3, 0.4) is 0 Å². The van der Waals surface area contributed by atoms with Gasteiger partial charge in [-0.25, -0.2) is 0 Å². The van der Waals surface area contributed by atoms with Gasteiger partial charge in [-0.1, -0.05) is 101 Å². The molecule has 1 heterocycles. The molecule has 160 valence electrons. The Morgan fingerprint density at radius 2 is 1.54 bits per heavy atom. The van der Waals surface area contributed by atoms with Gasteiger partial charge in [-0.05, 0) is 24.8 Å². The number of hydrogen-bond acceptors (Lipinski definition) is 3. The molecule has 0 saturated carbocycles. The van der Waals surface area contributed by atoms with Gasteiger partial charge in [-0.15, -0.1) is 0 Å². The molecule has 1 aromatic rings. The smallest absolute Gasteiger partial charge is 0.0717 e. The second-order valence-corrected chi connectivity index (χ2v) is 8.59. The molecule has 28 heavy (non-hydrogen) atoms. The van der Waals surface area contributed by atoms with E-state index in [4.69, 9.17) is 4.74 Å². The normalized spacial score (nSPS) is 22.4. The Morgan fingerprint density at radius 3 is 2.21 bits per heavy atom. The maximum absolute atomic E-state index is 10.3. The van der Waals surface area contributed by atoms with E-state index in [0.29, 0.717) is 19.3 Å². The Hall–Kier alpha value is -0.900. The molecule has 0 aliphatic carbocycles. The molecule has 1 aliphatic rings. The lowest BCUT2D eigenvalue weighted by atomic mass is 9.92. The molecule has 0 bridgehead atoms. The fourth-order valence-corrected chi connectivity index (χ4v) is 4.21. The number of aliphatic hydroxyl groups is 1. The fraction of sp³-hybridized carbons (Fsp3) is 0.760. The predicted octanol–water partition coefficient (Wildman–Crippen LogP) is 6.00. The van der Waals surface area contributed by atoms with Gasteiger partial charge in [0.05, 0.1) is 25.4 Å². The first-order valence-electron chi connectivity index (χ1n) is 11.9. The molecule has 3 nitrogen and oxygen atoms in total. The number of benzene rings is 1.